The van der Waals surface area contributed by atoms with Crippen molar-refractivity contribution < 1.29 is 19.1 Å². The lowest BCUT2D eigenvalue weighted by Crippen LogP contribution is -2.32. The summed E-state index contributed by atoms with van der Waals surface area (Å²) in [6, 6.07) is 23.2. The topological polar surface area (TPSA) is 109 Å². The van der Waals surface area contributed by atoms with Crippen LogP contribution in [0.15, 0.2) is 88.4 Å². The first-order valence-electron chi connectivity index (χ1n) is 10.4. The number of rotatable bonds is 8. The van der Waals surface area contributed by atoms with Crippen molar-refractivity contribution in [2.45, 2.75) is 13.0 Å². The van der Waals surface area contributed by atoms with Gasteiger partial charge in [-0.15, -0.1) is 0 Å². The van der Waals surface area contributed by atoms with E-state index < -0.39 is 11.8 Å². The number of carbonyl (C=O) groups excluding carboxylic acids is 3. The Hall–Kier alpha value is -3.98. The van der Waals surface area contributed by atoms with Crippen LogP contribution in [0.2, 0.25) is 0 Å². The zero-order valence-electron chi connectivity index (χ0n) is 18.3. The number of nitrogens with zero attached hydrogens (tertiary/aromatic N) is 1. The number of nitrogens with one attached hydrogen (secondary N) is 3. The van der Waals surface area contributed by atoms with Gasteiger partial charge in [-0.25, -0.2) is 5.43 Å². The van der Waals surface area contributed by atoms with Crippen LogP contribution >= 0.6 is 15.9 Å². The molecule has 3 N–H and O–H groups in total. The molecule has 0 fully saturated rings. The largest absolute Gasteiger partial charge is 0.484 e. The lowest BCUT2D eigenvalue weighted by Gasteiger charge is -2.14. The Bertz CT molecular complexity index is 1170. The molecule has 0 unspecified atom stereocenters. The van der Waals surface area contributed by atoms with Gasteiger partial charge >= 0.3 is 11.8 Å². The van der Waals surface area contributed by atoms with Crippen molar-refractivity contribution in [1.82, 2.24) is 10.7 Å². The van der Waals surface area contributed by atoms with Gasteiger partial charge in [0.15, 0.2) is 6.61 Å². The maximum atomic E-state index is 12.1. The molecule has 0 saturated carbocycles. The summed E-state index contributed by atoms with van der Waals surface area (Å²) >= 11 is 3.29. The molecule has 3 aromatic carbocycles. The Balaban J connectivity index is 1.41. The first-order valence-corrected chi connectivity index (χ1v) is 11.2. The molecule has 1 atom stereocenters. The highest BCUT2D eigenvalue weighted by Crippen LogP contribution is 2.15. The van der Waals surface area contributed by atoms with Crippen LogP contribution in [0.1, 0.15) is 24.1 Å². The summed E-state index contributed by atoms with van der Waals surface area (Å²) in [5.41, 5.74) is 4.34. The molecule has 0 spiro atoms. The van der Waals surface area contributed by atoms with Crippen molar-refractivity contribution in [2.75, 3.05) is 11.9 Å². The Morgan fingerprint density at radius 2 is 1.71 bits per heavy atom. The van der Waals surface area contributed by atoms with Crippen LogP contribution in [-0.2, 0) is 14.4 Å². The zero-order chi connectivity index (χ0) is 24.3. The Morgan fingerprint density at radius 1 is 0.971 bits per heavy atom. The Kier molecular flexibility index (Phi) is 8.93. The number of hydrogen-bond donors (Lipinski definition) is 3. The number of carbonyl (C=O) groups is 3. The highest BCUT2D eigenvalue weighted by atomic mass is 79.9. The van der Waals surface area contributed by atoms with E-state index in [0.717, 1.165) is 10.0 Å². The number of anilines is 1. The van der Waals surface area contributed by atoms with Crippen LogP contribution in [0.25, 0.3) is 0 Å². The maximum absolute atomic E-state index is 12.1. The molecule has 3 amide bonds. The first kappa shape index (κ1) is 24.7. The molecule has 0 bridgehead atoms. The van der Waals surface area contributed by atoms with E-state index in [-0.39, 0.29) is 18.6 Å². The summed E-state index contributed by atoms with van der Waals surface area (Å²) in [6.45, 7) is 1.79. The highest BCUT2D eigenvalue weighted by molar-refractivity contribution is 9.10. The number of halogens is 1. The molecule has 9 heteroatoms. The minimum Gasteiger partial charge on any atom is -0.484 e. The fourth-order valence-corrected chi connectivity index (χ4v) is 3.28. The van der Waals surface area contributed by atoms with E-state index in [1.54, 1.807) is 48.5 Å². The summed E-state index contributed by atoms with van der Waals surface area (Å²) in [5, 5.41) is 9.15. The standard InChI is InChI=1S/C25H23BrN4O4/c1-17(19-6-3-2-4-7-19)28-23(31)16-34-22-12-10-18(11-13-22)15-27-30-25(33)24(32)29-21-9-5-8-20(26)14-21/h2-15,17H,16H2,1H3,(H,28,31)(H,29,32)(H,30,33)/b27-15-/t17-/m1/s1. The van der Waals surface area contributed by atoms with E-state index in [2.05, 4.69) is 37.1 Å². The lowest BCUT2D eigenvalue weighted by atomic mass is 10.1. The van der Waals surface area contributed by atoms with E-state index in [1.165, 1.54) is 6.21 Å². The van der Waals surface area contributed by atoms with E-state index >= 15 is 0 Å². The molecule has 0 radical (unpaired) electrons. The van der Waals surface area contributed by atoms with E-state index in [0.29, 0.717) is 17.0 Å². The van der Waals surface area contributed by atoms with Gasteiger partial charge in [-0.05, 0) is 60.5 Å². The number of hydrazone groups is 1. The third kappa shape index (κ3) is 7.86. The smallest absolute Gasteiger partial charge is 0.329 e. The summed E-state index contributed by atoms with van der Waals surface area (Å²) < 4.78 is 6.29. The third-order valence-corrected chi connectivity index (χ3v) is 5.09. The van der Waals surface area contributed by atoms with Gasteiger partial charge in [-0.2, -0.15) is 5.10 Å². The molecule has 0 aliphatic heterocycles. The minimum absolute atomic E-state index is 0.117. The van der Waals surface area contributed by atoms with Gasteiger partial charge in [0.2, 0.25) is 0 Å². The predicted octanol–water partition coefficient (Wildman–Crippen LogP) is 3.79. The van der Waals surface area contributed by atoms with Gasteiger partial charge in [0.25, 0.3) is 5.91 Å². The number of hydrogen-bond acceptors (Lipinski definition) is 5. The zero-order valence-corrected chi connectivity index (χ0v) is 19.9. The molecule has 0 aliphatic rings. The summed E-state index contributed by atoms with van der Waals surface area (Å²) in [7, 11) is 0. The number of ether oxygens (including phenoxy) is 1. The van der Waals surface area contributed by atoms with Crippen LogP contribution in [0.4, 0.5) is 5.69 Å². The quantitative estimate of drug-likeness (QED) is 0.237. The molecule has 3 rings (SSSR count). The van der Waals surface area contributed by atoms with Crippen LogP contribution in [-0.4, -0.2) is 30.5 Å². The fourth-order valence-electron chi connectivity index (χ4n) is 2.88. The number of benzene rings is 3. The van der Waals surface area contributed by atoms with Crippen LogP contribution in [0, 0.1) is 0 Å². The van der Waals surface area contributed by atoms with Crippen molar-refractivity contribution in [1.29, 1.82) is 0 Å². The molecule has 0 heterocycles. The van der Waals surface area contributed by atoms with Crippen LogP contribution in [0.5, 0.6) is 5.75 Å². The van der Waals surface area contributed by atoms with E-state index in [1.807, 2.05) is 37.3 Å². The molecule has 34 heavy (non-hydrogen) atoms. The summed E-state index contributed by atoms with van der Waals surface area (Å²) in [5.74, 6) is -1.45. The van der Waals surface area contributed by atoms with Crippen molar-refractivity contribution in [2.24, 2.45) is 5.10 Å². The van der Waals surface area contributed by atoms with Gasteiger partial charge in [0, 0.05) is 10.2 Å². The molecule has 0 saturated heterocycles. The van der Waals surface area contributed by atoms with Gasteiger partial charge in [0.05, 0.1) is 12.3 Å². The maximum Gasteiger partial charge on any atom is 0.329 e. The molecule has 8 nitrogen and oxygen atoms in total. The average molecular weight is 523 g/mol. The van der Waals surface area contributed by atoms with E-state index in [4.69, 9.17) is 4.74 Å². The lowest BCUT2D eigenvalue weighted by molar-refractivity contribution is -0.136. The second-order valence-corrected chi connectivity index (χ2v) is 8.14. The Labute approximate surface area is 205 Å². The summed E-state index contributed by atoms with van der Waals surface area (Å²) in [6.07, 6.45) is 1.39. The first-order chi connectivity index (χ1) is 16.4. The van der Waals surface area contributed by atoms with Gasteiger partial charge in [-0.3, -0.25) is 14.4 Å². The van der Waals surface area contributed by atoms with E-state index in [9.17, 15) is 14.4 Å². The fraction of sp³-hybridized carbons (Fsp3) is 0.120. The van der Waals surface area contributed by atoms with Crippen molar-refractivity contribution in [3.63, 3.8) is 0 Å². The molecule has 174 valence electrons. The molecule has 0 aromatic heterocycles. The third-order valence-electron chi connectivity index (χ3n) is 4.60. The van der Waals surface area contributed by atoms with Crippen molar-refractivity contribution in [3.8, 4) is 5.75 Å². The SMILES string of the molecule is C[C@@H](NC(=O)COc1ccc(/C=N\NC(=O)C(=O)Nc2cccc(Br)c2)cc1)c1ccccc1. The minimum atomic E-state index is -0.896. The normalized spacial score (nSPS) is 11.5. The van der Waals surface area contributed by atoms with Crippen molar-refractivity contribution in [3.05, 3.63) is 94.5 Å². The monoisotopic (exact) mass is 522 g/mol. The number of amides is 3. The van der Waals surface area contributed by atoms with Crippen LogP contribution < -0.4 is 20.8 Å². The molecular weight excluding hydrogens is 500 g/mol. The Morgan fingerprint density at radius 3 is 2.41 bits per heavy atom. The molecular formula is C25H23BrN4O4. The second kappa shape index (κ2) is 12.3. The van der Waals surface area contributed by atoms with Crippen LogP contribution in [0.3, 0.4) is 0 Å². The highest BCUT2D eigenvalue weighted by Gasteiger charge is 2.13. The van der Waals surface area contributed by atoms with Gasteiger partial charge in [0.1, 0.15) is 5.75 Å². The van der Waals surface area contributed by atoms with Crippen molar-refractivity contribution >= 4 is 45.6 Å². The molecule has 3 aromatic rings. The summed E-state index contributed by atoms with van der Waals surface area (Å²) in [4.78, 5) is 35.9. The average Bonchev–Trinajstić information content (AvgIpc) is 2.84. The van der Waals surface area contributed by atoms with Gasteiger partial charge < -0.3 is 15.4 Å². The van der Waals surface area contributed by atoms with Gasteiger partial charge in [-0.1, -0.05) is 52.3 Å². The molecule has 0 aliphatic carbocycles. The predicted molar refractivity (Wildman–Crippen MR) is 133 cm³/mol. The second-order valence-electron chi connectivity index (χ2n) is 7.22.